The van der Waals surface area contributed by atoms with Crippen LogP contribution in [0.5, 0.6) is 0 Å². The van der Waals surface area contributed by atoms with E-state index < -0.39 is 0 Å². The molecule has 0 spiro atoms. The monoisotopic (exact) mass is 263 g/mol. The maximum Gasteiger partial charge on any atom is 0.241 e. The van der Waals surface area contributed by atoms with Gasteiger partial charge in [0.1, 0.15) is 5.82 Å². The molecule has 1 atom stereocenters. The Labute approximate surface area is 113 Å². The molecule has 1 aromatic rings. The molecule has 1 aliphatic rings. The fraction of sp³-hybridized carbons (Fsp3) is 0.538. The number of pyridine rings is 1. The SMILES string of the molecule is CNc1ccc(N2CCN(C(C)NC)CC2=O)cn1. The second-order valence-corrected chi connectivity index (χ2v) is 4.63. The molecule has 1 fully saturated rings. The summed E-state index contributed by atoms with van der Waals surface area (Å²) in [6.07, 6.45) is 1.96. The number of hydrogen-bond donors (Lipinski definition) is 2. The average Bonchev–Trinajstić information content (AvgIpc) is 2.46. The van der Waals surface area contributed by atoms with Gasteiger partial charge in [-0.3, -0.25) is 9.69 Å². The van der Waals surface area contributed by atoms with E-state index in [9.17, 15) is 4.79 Å². The summed E-state index contributed by atoms with van der Waals surface area (Å²) < 4.78 is 0. The van der Waals surface area contributed by atoms with E-state index in [0.717, 1.165) is 18.1 Å². The van der Waals surface area contributed by atoms with Gasteiger partial charge in [-0.25, -0.2) is 4.98 Å². The van der Waals surface area contributed by atoms with Gasteiger partial charge in [0.25, 0.3) is 0 Å². The number of amides is 1. The first kappa shape index (κ1) is 13.8. The smallest absolute Gasteiger partial charge is 0.241 e. The Balaban J connectivity index is 2.04. The molecule has 0 saturated carbocycles. The van der Waals surface area contributed by atoms with Crippen LogP contribution in [0.3, 0.4) is 0 Å². The van der Waals surface area contributed by atoms with E-state index in [4.69, 9.17) is 0 Å². The van der Waals surface area contributed by atoms with E-state index in [2.05, 4.69) is 27.4 Å². The molecule has 6 heteroatoms. The van der Waals surface area contributed by atoms with Crippen LogP contribution in [0.1, 0.15) is 6.92 Å². The zero-order valence-corrected chi connectivity index (χ0v) is 11.7. The number of piperazine rings is 1. The van der Waals surface area contributed by atoms with Gasteiger partial charge in [-0.15, -0.1) is 0 Å². The lowest BCUT2D eigenvalue weighted by Gasteiger charge is -2.37. The molecular formula is C13H21N5O. The predicted octanol–water partition coefficient (Wildman–Crippen LogP) is 0.337. The summed E-state index contributed by atoms with van der Waals surface area (Å²) in [5.41, 5.74) is 0.862. The fourth-order valence-electron chi connectivity index (χ4n) is 2.17. The van der Waals surface area contributed by atoms with Crippen LogP contribution in [0.2, 0.25) is 0 Å². The molecule has 6 nitrogen and oxygen atoms in total. The molecular weight excluding hydrogens is 242 g/mol. The Hall–Kier alpha value is -1.66. The normalized spacial score (nSPS) is 18.5. The third-order valence-corrected chi connectivity index (χ3v) is 3.53. The minimum atomic E-state index is 0.118. The van der Waals surface area contributed by atoms with Crippen LogP contribution in [0.4, 0.5) is 11.5 Å². The van der Waals surface area contributed by atoms with Crippen molar-refractivity contribution in [1.82, 2.24) is 15.2 Å². The highest BCUT2D eigenvalue weighted by Gasteiger charge is 2.27. The Bertz CT molecular complexity index is 433. The van der Waals surface area contributed by atoms with Crippen LogP contribution < -0.4 is 15.5 Å². The standard InChI is InChI=1S/C13H21N5O/c1-10(14-2)17-6-7-18(13(19)9-17)11-4-5-12(15-3)16-8-11/h4-5,8,10,14H,6-7,9H2,1-3H3,(H,15,16). The van der Waals surface area contributed by atoms with Gasteiger partial charge in [0, 0.05) is 20.1 Å². The average molecular weight is 263 g/mol. The first-order valence-corrected chi connectivity index (χ1v) is 6.51. The first-order chi connectivity index (χ1) is 9.15. The lowest BCUT2D eigenvalue weighted by Crippen LogP contribution is -2.55. The fourth-order valence-corrected chi connectivity index (χ4v) is 2.17. The molecule has 0 bridgehead atoms. The Morgan fingerprint density at radius 1 is 1.32 bits per heavy atom. The van der Waals surface area contributed by atoms with Crippen molar-refractivity contribution < 1.29 is 4.79 Å². The van der Waals surface area contributed by atoms with Gasteiger partial charge in [-0.05, 0) is 26.1 Å². The zero-order valence-electron chi connectivity index (χ0n) is 11.7. The van der Waals surface area contributed by atoms with Crippen LogP contribution in [-0.4, -0.2) is 55.7 Å². The van der Waals surface area contributed by atoms with Gasteiger partial charge >= 0.3 is 0 Å². The van der Waals surface area contributed by atoms with E-state index in [1.54, 1.807) is 11.1 Å². The van der Waals surface area contributed by atoms with Crippen molar-refractivity contribution in [2.45, 2.75) is 13.1 Å². The highest BCUT2D eigenvalue weighted by atomic mass is 16.2. The van der Waals surface area contributed by atoms with E-state index in [0.29, 0.717) is 13.1 Å². The molecule has 1 aromatic heterocycles. The summed E-state index contributed by atoms with van der Waals surface area (Å²) >= 11 is 0. The second kappa shape index (κ2) is 5.99. The van der Waals surface area contributed by atoms with Gasteiger partial charge in [0.15, 0.2) is 0 Å². The van der Waals surface area contributed by atoms with E-state index in [-0.39, 0.29) is 12.1 Å². The van der Waals surface area contributed by atoms with Crippen LogP contribution >= 0.6 is 0 Å². The number of nitrogens with one attached hydrogen (secondary N) is 2. The van der Waals surface area contributed by atoms with E-state index >= 15 is 0 Å². The van der Waals surface area contributed by atoms with Gasteiger partial charge in [0.05, 0.1) is 24.6 Å². The summed E-state index contributed by atoms with van der Waals surface area (Å²) in [4.78, 5) is 20.4. The quantitative estimate of drug-likeness (QED) is 0.820. The molecule has 1 amide bonds. The molecule has 104 valence electrons. The molecule has 2 rings (SSSR count). The van der Waals surface area contributed by atoms with Crippen LogP contribution in [0.15, 0.2) is 18.3 Å². The number of aromatic nitrogens is 1. The summed E-state index contributed by atoms with van der Waals surface area (Å²) in [5.74, 6) is 0.922. The van der Waals surface area contributed by atoms with E-state index in [1.165, 1.54) is 0 Å². The maximum atomic E-state index is 12.2. The van der Waals surface area contributed by atoms with Crippen molar-refractivity contribution in [2.75, 3.05) is 43.9 Å². The number of nitrogens with zero attached hydrogens (tertiary/aromatic N) is 3. The van der Waals surface area contributed by atoms with Crippen LogP contribution in [0.25, 0.3) is 0 Å². The topological polar surface area (TPSA) is 60.5 Å². The van der Waals surface area contributed by atoms with Gasteiger partial charge in [-0.2, -0.15) is 0 Å². The molecule has 0 radical (unpaired) electrons. The highest BCUT2D eigenvalue weighted by Crippen LogP contribution is 2.18. The largest absolute Gasteiger partial charge is 0.373 e. The number of carbonyl (C=O) groups excluding carboxylic acids is 1. The molecule has 2 heterocycles. The van der Waals surface area contributed by atoms with Crippen molar-refractivity contribution in [1.29, 1.82) is 0 Å². The second-order valence-electron chi connectivity index (χ2n) is 4.63. The van der Waals surface area contributed by atoms with Crippen molar-refractivity contribution in [3.8, 4) is 0 Å². The van der Waals surface area contributed by atoms with Crippen LogP contribution in [0, 0.1) is 0 Å². The first-order valence-electron chi connectivity index (χ1n) is 6.51. The van der Waals surface area contributed by atoms with Crippen LogP contribution in [-0.2, 0) is 4.79 Å². The van der Waals surface area contributed by atoms with Crippen molar-refractivity contribution >= 4 is 17.4 Å². The highest BCUT2D eigenvalue weighted by molar-refractivity contribution is 5.95. The van der Waals surface area contributed by atoms with Crippen molar-refractivity contribution in [3.63, 3.8) is 0 Å². The van der Waals surface area contributed by atoms with Crippen molar-refractivity contribution in [3.05, 3.63) is 18.3 Å². The summed E-state index contributed by atoms with van der Waals surface area (Å²) in [7, 11) is 3.73. The van der Waals surface area contributed by atoms with Gasteiger partial charge < -0.3 is 15.5 Å². The lowest BCUT2D eigenvalue weighted by atomic mass is 10.2. The van der Waals surface area contributed by atoms with E-state index in [1.807, 2.05) is 26.2 Å². The Morgan fingerprint density at radius 2 is 2.11 bits per heavy atom. The third-order valence-electron chi connectivity index (χ3n) is 3.53. The molecule has 0 aromatic carbocycles. The van der Waals surface area contributed by atoms with Gasteiger partial charge in [0.2, 0.25) is 5.91 Å². The molecule has 1 saturated heterocycles. The number of rotatable bonds is 4. The Kier molecular flexibility index (Phi) is 4.34. The lowest BCUT2D eigenvalue weighted by molar-refractivity contribution is -0.122. The Morgan fingerprint density at radius 3 is 2.63 bits per heavy atom. The summed E-state index contributed by atoms with van der Waals surface area (Å²) in [5, 5.41) is 6.13. The molecule has 0 aliphatic carbocycles. The summed E-state index contributed by atoms with van der Waals surface area (Å²) in [6, 6.07) is 3.80. The van der Waals surface area contributed by atoms with Crippen molar-refractivity contribution in [2.24, 2.45) is 0 Å². The molecule has 19 heavy (non-hydrogen) atoms. The minimum Gasteiger partial charge on any atom is -0.373 e. The summed E-state index contributed by atoms with van der Waals surface area (Å²) in [6.45, 7) is 4.06. The van der Waals surface area contributed by atoms with Gasteiger partial charge in [-0.1, -0.05) is 0 Å². The minimum absolute atomic E-state index is 0.118. The number of anilines is 2. The number of carbonyl (C=O) groups is 1. The molecule has 1 aliphatic heterocycles. The molecule has 1 unspecified atom stereocenters. The predicted molar refractivity (Wildman–Crippen MR) is 76.2 cm³/mol. The maximum absolute atomic E-state index is 12.2. The zero-order chi connectivity index (χ0) is 13.8. The number of hydrogen-bond acceptors (Lipinski definition) is 5. The molecule has 2 N–H and O–H groups in total. The third kappa shape index (κ3) is 3.02.